The number of nitrogens with one attached hydrogen (secondary N) is 1. The molecule has 3 aromatic rings. The number of anilines is 1. The monoisotopic (exact) mass is 450 g/mol. The summed E-state index contributed by atoms with van der Waals surface area (Å²) >= 11 is 11.8. The van der Waals surface area contributed by atoms with Gasteiger partial charge in [-0.1, -0.05) is 53.5 Å². The Bertz CT molecular complexity index is 1210. The number of aryl methyl sites for hydroxylation is 1. The van der Waals surface area contributed by atoms with Crippen molar-refractivity contribution in [1.82, 2.24) is 0 Å². The first-order valence-electron chi connectivity index (χ1n) is 9.13. The highest BCUT2D eigenvalue weighted by Gasteiger charge is 2.12. The molecule has 1 amide bonds. The molecule has 0 radical (unpaired) electrons. The highest BCUT2D eigenvalue weighted by Crippen LogP contribution is 2.24. The first kappa shape index (κ1) is 22.1. The van der Waals surface area contributed by atoms with Crippen molar-refractivity contribution in [1.29, 1.82) is 5.26 Å². The van der Waals surface area contributed by atoms with Gasteiger partial charge in [-0.15, -0.1) is 0 Å². The van der Waals surface area contributed by atoms with E-state index in [9.17, 15) is 14.9 Å². The van der Waals surface area contributed by atoms with Crippen LogP contribution >= 0.6 is 23.2 Å². The van der Waals surface area contributed by atoms with Gasteiger partial charge in [0.2, 0.25) is 0 Å². The van der Waals surface area contributed by atoms with Gasteiger partial charge in [0.25, 0.3) is 5.91 Å². The van der Waals surface area contributed by atoms with Crippen LogP contribution in [-0.2, 0) is 4.79 Å². The molecule has 0 unspecified atom stereocenters. The van der Waals surface area contributed by atoms with E-state index in [-0.39, 0.29) is 16.2 Å². The van der Waals surface area contributed by atoms with Crippen LogP contribution in [0.3, 0.4) is 0 Å². The molecule has 0 aliphatic rings. The molecule has 0 saturated heterocycles. The van der Waals surface area contributed by atoms with E-state index in [2.05, 4.69) is 5.32 Å². The Kier molecular flexibility index (Phi) is 7.09. The van der Waals surface area contributed by atoms with E-state index in [0.717, 1.165) is 5.56 Å². The molecule has 3 rings (SSSR count). The number of nitrogens with zero attached hydrogens (tertiary/aromatic N) is 1. The van der Waals surface area contributed by atoms with Crippen molar-refractivity contribution in [2.24, 2.45) is 0 Å². The Morgan fingerprint density at radius 3 is 2.35 bits per heavy atom. The van der Waals surface area contributed by atoms with Crippen LogP contribution in [0.25, 0.3) is 6.08 Å². The third-order valence-electron chi connectivity index (χ3n) is 4.32. The van der Waals surface area contributed by atoms with Crippen LogP contribution in [0.5, 0.6) is 5.75 Å². The molecular formula is C24H16Cl2N2O3. The fraction of sp³-hybridized carbons (Fsp3) is 0.0417. The molecule has 0 aromatic heterocycles. The number of carbonyl (C=O) groups is 2. The summed E-state index contributed by atoms with van der Waals surface area (Å²) in [6.07, 6.45) is 1.46. The van der Waals surface area contributed by atoms with Gasteiger partial charge in [-0.3, -0.25) is 4.79 Å². The second kappa shape index (κ2) is 9.94. The summed E-state index contributed by atoms with van der Waals surface area (Å²) in [5.41, 5.74) is 2.34. The lowest BCUT2D eigenvalue weighted by Gasteiger charge is -2.07. The van der Waals surface area contributed by atoms with Crippen molar-refractivity contribution in [3.8, 4) is 11.8 Å². The van der Waals surface area contributed by atoms with Gasteiger partial charge in [0.15, 0.2) is 0 Å². The summed E-state index contributed by atoms with van der Waals surface area (Å²) in [6.45, 7) is 1.86. The zero-order valence-corrected chi connectivity index (χ0v) is 17.9. The number of nitriles is 1. The Balaban J connectivity index is 1.70. The van der Waals surface area contributed by atoms with E-state index in [4.69, 9.17) is 27.9 Å². The van der Waals surface area contributed by atoms with E-state index in [1.165, 1.54) is 24.3 Å². The number of benzene rings is 3. The lowest BCUT2D eigenvalue weighted by atomic mass is 10.1. The smallest absolute Gasteiger partial charge is 0.343 e. The van der Waals surface area contributed by atoms with E-state index in [0.29, 0.717) is 22.0 Å². The molecule has 7 heteroatoms. The minimum absolute atomic E-state index is 0.0520. The Hall–Kier alpha value is -3.59. The van der Waals surface area contributed by atoms with Crippen molar-refractivity contribution in [2.75, 3.05) is 5.32 Å². The van der Waals surface area contributed by atoms with Crippen LogP contribution < -0.4 is 10.1 Å². The lowest BCUT2D eigenvalue weighted by molar-refractivity contribution is -0.112. The van der Waals surface area contributed by atoms with Gasteiger partial charge in [-0.2, -0.15) is 5.26 Å². The number of amides is 1. The maximum Gasteiger partial charge on any atom is 0.343 e. The van der Waals surface area contributed by atoms with Crippen LogP contribution in [-0.4, -0.2) is 11.9 Å². The standard InChI is InChI=1S/C24H16Cl2N2O3/c1-15-4-2-3-5-22(15)28-23(29)18(14-27)12-16-6-9-19(10-7-16)31-24(30)17-8-11-20(25)21(26)13-17/h2-13H,1H3,(H,28,29)/b18-12+. The number of carbonyl (C=O) groups excluding carboxylic acids is 2. The first-order valence-corrected chi connectivity index (χ1v) is 9.89. The Labute approximate surface area is 189 Å². The zero-order valence-electron chi connectivity index (χ0n) is 16.4. The van der Waals surface area contributed by atoms with Gasteiger partial charge in [-0.25, -0.2) is 4.79 Å². The van der Waals surface area contributed by atoms with Gasteiger partial charge in [0.1, 0.15) is 17.4 Å². The van der Waals surface area contributed by atoms with E-state index >= 15 is 0 Å². The fourth-order valence-electron chi connectivity index (χ4n) is 2.64. The average Bonchev–Trinajstić information content (AvgIpc) is 2.76. The largest absolute Gasteiger partial charge is 0.423 e. The third-order valence-corrected chi connectivity index (χ3v) is 5.05. The van der Waals surface area contributed by atoms with Gasteiger partial charge in [-0.05, 0) is 60.5 Å². The number of para-hydroxylation sites is 1. The SMILES string of the molecule is Cc1ccccc1NC(=O)/C(C#N)=C/c1ccc(OC(=O)c2ccc(Cl)c(Cl)c2)cc1. The van der Waals surface area contributed by atoms with Crippen LogP contribution in [0, 0.1) is 18.3 Å². The molecule has 0 atom stereocenters. The van der Waals surface area contributed by atoms with E-state index in [1.807, 2.05) is 25.1 Å². The number of esters is 1. The predicted octanol–water partition coefficient (Wildman–Crippen LogP) is 6.07. The van der Waals surface area contributed by atoms with Crippen LogP contribution in [0.1, 0.15) is 21.5 Å². The first-order chi connectivity index (χ1) is 14.9. The molecule has 0 bridgehead atoms. The molecule has 1 N–H and O–H groups in total. The molecule has 31 heavy (non-hydrogen) atoms. The van der Waals surface area contributed by atoms with Crippen molar-refractivity contribution < 1.29 is 14.3 Å². The van der Waals surface area contributed by atoms with Crippen molar-refractivity contribution >= 4 is 46.8 Å². The van der Waals surface area contributed by atoms with Crippen LogP contribution in [0.4, 0.5) is 5.69 Å². The second-order valence-electron chi connectivity index (χ2n) is 6.53. The van der Waals surface area contributed by atoms with E-state index in [1.54, 1.807) is 36.4 Å². The minimum atomic E-state index is -0.586. The summed E-state index contributed by atoms with van der Waals surface area (Å²) in [5, 5.41) is 12.7. The molecular weight excluding hydrogens is 435 g/mol. The fourth-order valence-corrected chi connectivity index (χ4v) is 2.94. The molecule has 0 aliphatic heterocycles. The summed E-state index contributed by atoms with van der Waals surface area (Å²) < 4.78 is 5.32. The maximum atomic E-state index is 12.4. The number of ether oxygens (including phenoxy) is 1. The quantitative estimate of drug-likeness (QED) is 0.221. The van der Waals surface area contributed by atoms with Gasteiger partial charge < -0.3 is 10.1 Å². The van der Waals surface area contributed by atoms with Crippen molar-refractivity contribution in [2.45, 2.75) is 6.92 Å². The second-order valence-corrected chi connectivity index (χ2v) is 7.34. The predicted molar refractivity (Wildman–Crippen MR) is 121 cm³/mol. The minimum Gasteiger partial charge on any atom is -0.423 e. The maximum absolute atomic E-state index is 12.4. The highest BCUT2D eigenvalue weighted by molar-refractivity contribution is 6.42. The average molecular weight is 451 g/mol. The Morgan fingerprint density at radius 2 is 1.71 bits per heavy atom. The Morgan fingerprint density at radius 1 is 1.00 bits per heavy atom. The molecule has 0 fully saturated rings. The molecule has 5 nitrogen and oxygen atoms in total. The highest BCUT2D eigenvalue weighted by atomic mass is 35.5. The molecule has 154 valence electrons. The molecule has 0 spiro atoms. The molecule has 0 aliphatic carbocycles. The molecule has 3 aromatic carbocycles. The number of hydrogen-bond donors (Lipinski definition) is 1. The van der Waals surface area contributed by atoms with Gasteiger partial charge in [0.05, 0.1) is 15.6 Å². The number of hydrogen-bond acceptors (Lipinski definition) is 4. The van der Waals surface area contributed by atoms with Gasteiger partial charge in [0, 0.05) is 5.69 Å². The summed E-state index contributed by atoms with van der Waals surface area (Å²) in [5.74, 6) is -0.791. The summed E-state index contributed by atoms with van der Waals surface area (Å²) in [4.78, 5) is 24.7. The molecule has 0 saturated carbocycles. The normalized spacial score (nSPS) is 10.8. The van der Waals surface area contributed by atoms with Crippen LogP contribution in [0.2, 0.25) is 10.0 Å². The lowest BCUT2D eigenvalue weighted by Crippen LogP contribution is -2.14. The number of rotatable bonds is 5. The van der Waals surface area contributed by atoms with Crippen molar-refractivity contribution in [3.05, 3.63) is 99.0 Å². The van der Waals surface area contributed by atoms with Crippen molar-refractivity contribution in [3.63, 3.8) is 0 Å². The zero-order chi connectivity index (χ0) is 22.4. The molecule has 0 heterocycles. The summed E-state index contributed by atoms with van der Waals surface area (Å²) in [6, 6.07) is 20.1. The van der Waals surface area contributed by atoms with Crippen LogP contribution in [0.15, 0.2) is 72.3 Å². The van der Waals surface area contributed by atoms with Gasteiger partial charge >= 0.3 is 5.97 Å². The summed E-state index contributed by atoms with van der Waals surface area (Å²) in [7, 11) is 0. The topological polar surface area (TPSA) is 79.2 Å². The van der Waals surface area contributed by atoms with E-state index < -0.39 is 11.9 Å². The number of halogens is 2. The third kappa shape index (κ3) is 5.73.